The molecule has 0 aliphatic carbocycles. The SMILES string of the molecule is Cc1cccc2c1C=CN(C(=O)OCC(Cl)(Cl)Cl)[C@@H]2CC(=O)OC(C)C. The van der Waals surface area contributed by atoms with Crippen molar-refractivity contribution in [2.45, 2.75) is 43.1 Å². The number of esters is 1. The molecule has 26 heavy (non-hydrogen) atoms. The molecule has 1 amide bonds. The summed E-state index contributed by atoms with van der Waals surface area (Å²) in [6, 6.07) is 5.14. The van der Waals surface area contributed by atoms with Crippen LogP contribution in [-0.4, -0.2) is 33.5 Å². The van der Waals surface area contributed by atoms with E-state index in [0.29, 0.717) is 0 Å². The molecular weight excluding hydrogens is 401 g/mol. The van der Waals surface area contributed by atoms with Crippen molar-refractivity contribution < 1.29 is 19.1 Å². The molecule has 0 saturated carbocycles. The summed E-state index contributed by atoms with van der Waals surface area (Å²) in [6.45, 7) is 5.10. The van der Waals surface area contributed by atoms with Gasteiger partial charge in [0.1, 0.15) is 6.61 Å². The summed E-state index contributed by atoms with van der Waals surface area (Å²) >= 11 is 16.9. The van der Waals surface area contributed by atoms with Gasteiger partial charge >= 0.3 is 12.1 Å². The summed E-state index contributed by atoms with van der Waals surface area (Å²) in [5, 5.41) is 0. The number of nitrogens with zero attached hydrogens (tertiary/aromatic N) is 1. The summed E-state index contributed by atoms with van der Waals surface area (Å²) in [5.41, 5.74) is 2.83. The fraction of sp³-hybridized carbons (Fsp3) is 0.444. The molecule has 1 atom stereocenters. The Bertz CT molecular complexity index is 713. The lowest BCUT2D eigenvalue weighted by atomic mass is 9.91. The number of alkyl halides is 3. The number of fused-ring (bicyclic) bond motifs is 1. The van der Waals surface area contributed by atoms with Crippen LogP contribution in [0.15, 0.2) is 24.4 Å². The van der Waals surface area contributed by atoms with Crippen LogP contribution in [-0.2, 0) is 14.3 Å². The zero-order chi connectivity index (χ0) is 19.5. The fourth-order valence-corrected chi connectivity index (χ4v) is 2.88. The van der Waals surface area contributed by atoms with Crippen LogP contribution in [0.25, 0.3) is 6.08 Å². The van der Waals surface area contributed by atoms with Gasteiger partial charge in [0.05, 0.1) is 18.6 Å². The number of carbonyl (C=O) groups is 2. The van der Waals surface area contributed by atoms with Gasteiger partial charge in [0.15, 0.2) is 0 Å². The van der Waals surface area contributed by atoms with E-state index >= 15 is 0 Å². The van der Waals surface area contributed by atoms with Gasteiger partial charge in [-0.1, -0.05) is 53.0 Å². The summed E-state index contributed by atoms with van der Waals surface area (Å²) in [4.78, 5) is 26.0. The molecule has 1 aromatic rings. The normalized spacial score (nSPS) is 16.4. The number of halogens is 3. The first-order chi connectivity index (χ1) is 12.1. The van der Waals surface area contributed by atoms with E-state index in [-0.39, 0.29) is 12.5 Å². The molecule has 0 unspecified atom stereocenters. The number of hydrogen-bond acceptors (Lipinski definition) is 4. The average molecular weight is 421 g/mol. The van der Waals surface area contributed by atoms with Crippen LogP contribution in [0.2, 0.25) is 0 Å². The monoisotopic (exact) mass is 419 g/mol. The highest BCUT2D eigenvalue weighted by molar-refractivity contribution is 6.67. The number of hydrogen-bond donors (Lipinski definition) is 0. The van der Waals surface area contributed by atoms with Gasteiger partial charge in [0.25, 0.3) is 0 Å². The lowest BCUT2D eigenvalue weighted by Gasteiger charge is -2.33. The van der Waals surface area contributed by atoms with Crippen LogP contribution in [0, 0.1) is 6.92 Å². The van der Waals surface area contributed by atoms with Gasteiger partial charge in [-0.25, -0.2) is 4.79 Å². The summed E-state index contributed by atoms with van der Waals surface area (Å²) < 4.78 is 8.59. The van der Waals surface area contributed by atoms with E-state index in [2.05, 4.69) is 0 Å². The van der Waals surface area contributed by atoms with E-state index in [1.54, 1.807) is 26.1 Å². The molecule has 8 heteroatoms. The van der Waals surface area contributed by atoms with Crippen molar-refractivity contribution in [3.63, 3.8) is 0 Å². The topological polar surface area (TPSA) is 55.8 Å². The zero-order valence-corrected chi connectivity index (χ0v) is 16.9. The van der Waals surface area contributed by atoms with Crippen molar-refractivity contribution in [2.75, 3.05) is 6.61 Å². The largest absolute Gasteiger partial charge is 0.463 e. The molecule has 0 bridgehead atoms. The standard InChI is InChI=1S/C18H20Cl3NO4/c1-11(2)26-16(23)9-15-14-6-4-5-12(3)13(14)7-8-22(15)17(24)25-10-18(19,20)21/h4-8,11,15H,9-10H2,1-3H3/t15-/m1/s1. The number of carbonyl (C=O) groups excluding carboxylic acids is 2. The molecule has 2 rings (SSSR count). The molecule has 0 aromatic heterocycles. The van der Waals surface area contributed by atoms with Gasteiger partial charge in [0.2, 0.25) is 3.79 Å². The van der Waals surface area contributed by atoms with Crippen LogP contribution in [0.1, 0.15) is 43.0 Å². The molecular formula is C18H20Cl3NO4. The van der Waals surface area contributed by atoms with Crippen molar-refractivity contribution >= 4 is 52.9 Å². The van der Waals surface area contributed by atoms with Crippen molar-refractivity contribution in [1.82, 2.24) is 4.90 Å². The Hall–Kier alpha value is -1.43. The Morgan fingerprint density at radius 2 is 1.96 bits per heavy atom. The first-order valence-electron chi connectivity index (χ1n) is 8.07. The Kier molecular flexibility index (Phi) is 6.83. The number of rotatable bonds is 4. The number of benzene rings is 1. The Labute approximate surface area is 167 Å². The lowest BCUT2D eigenvalue weighted by molar-refractivity contribution is -0.148. The Balaban J connectivity index is 2.28. The molecule has 0 radical (unpaired) electrons. The third-order valence-corrected chi connectivity index (χ3v) is 4.08. The molecule has 1 aliphatic heterocycles. The second kappa shape index (κ2) is 8.51. The van der Waals surface area contributed by atoms with Gasteiger partial charge in [-0.05, 0) is 43.5 Å². The number of ether oxygens (including phenoxy) is 2. The summed E-state index contributed by atoms with van der Waals surface area (Å²) in [5.74, 6) is -0.410. The molecule has 0 saturated heterocycles. The predicted octanol–water partition coefficient (Wildman–Crippen LogP) is 5.17. The second-order valence-electron chi connectivity index (χ2n) is 6.23. The Morgan fingerprint density at radius 1 is 1.27 bits per heavy atom. The number of amides is 1. The second-order valence-corrected chi connectivity index (χ2v) is 8.75. The maximum absolute atomic E-state index is 12.5. The molecule has 142 valence electrons. The minimum Gasteiger partial charge on any atom is -0.463 e. The lowest BCUT2D eigenvalue weighted by Crippen LogP contribution is -2.36. The van der Waals surface area contributed by atoms with Crippen LogP contribution >= 0.6 is 34.8 Å². The minimum absolute atomic E-state index is 0.0121. The average Bonchev–Trinajstić information content (AvgIpc) is 2.52. The smallest absolute Gasteiger partial charge is 0.414 e. The molecule has 0 spiro atoms. The van der Waals surface area contributed by atoms with Gasteiger partial charge in [0, 0.05) is 6.20 Å². The van der Waals surface area contributed by atoms with Crippen molar-refractivity contribution in [3.8, 4) is 0 Å². The number of aryl methyl sites for hydroxylation is 1. The molecule has 5 nitrogen and oxygen atoms in total. The molecule has 0 fully saturated rings. The van der Waals surface area contributed by atoms with Crippen LogP contribution in [0.4, 0.5) is 4.79 Å². The zero-order valence-electron chi connectivity index (χ0n) is 14.7. The van der Waals surface area contributed by atoms with E-state index in [1.165, 1.54) is 4.90 Å². The van der Waals surface area contributed by atoms with Gasteiger partial charge in [-0.3, -0.25) is 9.69 Å². The van der Waals surface area contributed by atoms with Gasteiger partial charge in [-0.15, -0.1) is 0 Å². The maximum atomic E-state index is 12.5. The fourth-order valence-electron chi connectivity index (χ4n) is 2.71. The van der Waals surface area contributed by atoms with E-state index < -0.39 is 28.5 Å². The molecule has 0 N–H and O–H groups in total. The molecule has 1 aromatic carbocycles. The highest BCUT2D eigenvalue weighted by atomic mass is 35.6. The van der Waals surface area contributed by atoms with Crippen molar-refractivity contribution in [1.29, 1.82) is 0 Å². The Morgan fingerprint density at radius 3 is 2.58 bits per heavy atom. The van der Waals surface area contributed by atoms with Crippen molar-refractivity contribution in [3.05, 3.63) is 41.1 Å². The third kappa shape index (κ3) is 5.53. The van der Waals surface area contributed by atoms with Crippen LogP contribution in [0.3, 0.4) is 0 Å². The minimum atomic E-state index is -1.71. The first-order valence-corrected chi connectivity index (χ1v) is 9.21. The van der Waals surface area contributed by atoms with Crippen molar-refractivity contribution in [2.24, 2.45) is 0 Å². The van der Waals surface area contributed by atoms with Crippen LogP contribution in [0.5, 0.6) is 0 Å². The molecule has 1 aliphatic rings. The molecule has 1 heterocycles. The van der Waals surface area contributed by atoms with E-state index in [9.17, 15) is 9.59 Å². The van der Waals surface area contributed by atoms with E-state index in [0.717, 1.165) is 16.7 Å². The first kappa shape index (κ1) is 20.9. The quantitative estimate of drug-likeness (QED) is 0.498. The highest BCUT2D eigenvalue weighted by Gasteiger charge is 2.33. The summed E-state index contributed by atoms with van der Waals surface area (Å²) in [6.07, 6.45) is 2.40. The van der Waals surface area contributed by atoms with Gasteiger partial charge in [-0.2, -0.15) is 0 Å². The predicted molar refractivity (Wildman–Crippen MR) is 102 cm³/mol. The summed E-state index contributed by atoms with van der Waals surface area (Å²) in [7, 11) is 0. The van der Waals surface area contributed by atoms with E-state index in [1.807, 2.05) is 25.1 Å². The van der Waals surface area contributed by atoms with Crippen LogP contribution < -0.4 is 0 Å². The maximum Gasteiger partial charge on any atom is 0.414 e. The third-order valence-electron chi connectivity index (χ3n) is 3.75. The highest BCUT2D eigenvalue weighted by Crippen LogP contribution is 2.35. The van der Waals surface area contributed by atoms with E-state index in [4.69, 9.17) is 44.3 Å². The van der Waals surface area contributed by atoms with Gasteiger partial charge < -0.3 is 9.47 Å².